The van der Waals surface area contributed by atoms with Crippen LogP contribution >= 0.6 is 11.8 Å². The molecule has 5 heteroatoms. The Hall–Kier alpha value is -2.63. The minimum absolute atomic E-state index is 0.0485. The van der Waals surface area contributed by atoms with Gasteiger partial charge in [-0.3, -0.25) is 9.98 Å². The van der Waals surface area contributed by atoms with Gasteiger partial charge in [0.1, 0.15) is 5.75 Å². The van der Waals surface area contributed by atoms with Crippen molar-refractivity contribution in [2.45, 2.75) is 37.2 Å². The Morgan fingerprint density at radius 3 is 2.52 bits per heavy atom. The van der Waals surface area contributed by atoms with Crippen LogP contribution in [0.15, 0.2) is 63.4 Å². The molecule has 1 heterocycles. The van der Waals surface area contributed by atoms with Crippen LogP contribution in [0.5, 0.6) is 5.75 Å². The van der Waals surface area contributed by atoms with Crippen LogP contribution in [0, 0.1) is 20.8 Å². The largest absolute Gasteiger partial charge is 0.505 e. The number of aromatic hydroxyl groups is 1. The van der Waals surface area contributed by atoms with Gasteiger partial charge < -0.3 is 10.2 Å². The molecule has 0 fully saturated rings. The van der Waals surface area contributed by atoms with E-state index in [9.17, 15) is 10.2 Å². The second kappa shape index (κ2) is 8.37. The van der Waals surface area contributed by atoms with Crippen molar-refractivity contribution in [1.82, 2.24) is 4.98 Å². The molecule has 0 spiro atoms. The molecule has 4 nitrogen and oxygen atoms in total. The highest BCUT2D eigenvalue weighted by molar-refractivity contribution is 7.99. The van der Waals surface area contributed by atoms with E-state index in [0.717, 1.165) is 10.6 Å². The number of aryl methyl sites for hydroxylation is 3. The van der Waals surface area contributed by atoms with Crippen LogP contribution in [0.25, 0.3) is 0 Å². The van der Waals surface area contributed by atoms with E-state index in [1.165, 1.54) is 16.0 Å². The van der Waals surface area contributed by atoms with Crippen LogP contribution in [0.1, 0.15) is 27.9 Å². The summed E-state index contributed by atoms with van der Waals surface area (Å²) in [6, 6.07) is 14.4. The van der Waals surface area contributed by atoms with Crippen molar-refractivity contribution in [1.29, 1.82) is 0 Å². The van der Waals surface area contributed by atoms with Crippen LogP contribution in [0.4, 0.5) is 5.69 Å². The molecule has 27 heavy (non-hydrogen) atoms. The molecule has 0 unspecified atom stereocenters. The molecule has 0 saturated carbocycles. The Morgan fingerprint density at radius 1 is 1.07 bits per heavy atom. The SMILES string of the molecule is Cc1ccc(C)c(Sc2ccc(N=Cc3c(CO)cnc(C)c3O)cc2)c1. The zero-order valence-corrected chi connectivity index (χ0v) is 16.4. The Bertz CT molecular complexity index is 982. The normalized spacial score (nSPS) is 11.3. The third-order valence-corrected chi connectivity index (χ3v) is 5.45. The fourth-order valence-electron chi connectivity index (χ4n) is 2.61. The number of aliphatic imine (C=N–C) groups is 1. The molecule has 2 aromatic carbocycles. The summed E-state index contributed by atoms with van der Waals surface area (Å²) in [4.78, 5) is 10.9. The second-order valence-electron chi connectivity index (χ2n) is 6.41. The second-order valence-corrected chi connectivity index (χ2v) is 7.53. The van der Waals surface area contributed by atoms with Gasteiger partial charge in [-0.05, 0) is 62.2 Å². The van der Waals surface area contributed by atoms with Crippen molar-refractivity contribution >= 4 is 23.7 Å². The predicted octanol–water partition coefficient (Wildman–Crippen LogP) is 5.11. The first-order valence-corrected chi connectivity index (χ1v) is 9.47. The number of hydrogen-bond acceptors (Lipinski definition) is 5. The number of aliphatic hydroxyl groups excluding tert-OH is 1. The Morgan fingerprint density at radius 2 is 1.81 bits per heavy atom. The van der Waals surface area contributed by atoms with Crippen LogP contribution < -0.4 is 0 Å². The highest BCUT2D eigenvalue weighted by atomic mass is 32.2. The van der Waals surface area contributed by atoms with Gasteiger partial charge in [0, 0.05) is 33.3 Å². The molecule has 138 valence electrons. The third-order valence-electron chi connectivity index (χ3n) is 4.28. The summed E-state index contributed by atoms with van der Waals surface area (Å²) in [5.74, 6) is 0.0485. The van der Waals surface area contributed by atoms with Gasteiger partial charge >= 0.3 is 0 Å². The van der Waals surface area contributed by atoms with Crippen LogP contribution in [-0.2, 0) is 6.61 Å². The van der Waals surface area contributed by atoms with Crippen molar-refractivity contribution in [2.24, 2.45) is 4.99 Å². The molecule has 0 amide bonds. The molecule has 0 aliphatic heterocycles. The van der Waals surface area contributed by atoms with Crippen LogP contribution in [-0.4, -0.2) is 21.4 Å². The number of aliphatic hydroxyl groups is 1. The van der Waals surface area contributed by atoms with E-state index in [4.69, 9.17) is 0 Å². The fourth-order valence-corrected chi connectivity index (χ4v) is 3.61. The molecule has 1 aromatic heterocycles. The van der Waals surface area contributed by atoms with Crippen LogP contribution in [0.3, 0.4) is 0 Å². The topological polar surface area (TPSA) is 65.7 Å². The molecular formula is C22H22N2O2S. The third kappa shape index (κ3) is 4.56. The molecule has 0 aliphatic carbocycles. The summed E-state index contributed by atoms with van der Waals surface area (Å²) in [6.45, 7) is 5.72. The molecule has 2 N–H and O–H groups in total. The quantitative estimate of drug-likeness (QED) is 0.606. The first-order valence-electron chi connectivity index (χ1n) is 8.65. The lowest BCUT2D eigenvalue weighted by Crippen LogP contribution is -1.97. The lowest BCUT2D eigenvalue weighted by molar-refractivity contribution is 0.280. The maximum Gasteiger partial charge on any atom is 0.145 e. The average Bonchev–Trinajstić information content (AvgIpc) is 2.67. The highest BCUT2D eigenvalue weighted by Crippen LogP contribution is 2.32. The van der Waals surface area contributed by atoms with E-state index in [1.807, 2.05) is 24.3 Å². The maximum atomic E-state index is 10.2. The molecule has 0 radical (unpaired) electrons. The lowest BCUT2D eigenvalue weighted by Gasteiger charge is -2.08. The number of benzene rings is 2. The Kier molecular flexibility index (Phi) is 5.94. The summed E-state index contributed by atoms with van der Waals surface area (Å²) < 4.78 is 0. The predicted molar refractivity (Wildman–Crippen MR) is 110 cm³/mol. The van der Waals surface area contributed by atoms with Crippen molar-refractivity contribution in [3.63, 3.8) is 0 Å². The first kappa shape index (κ1) is 19.1. The van der Waals surface area contributed by atoms with Crippen molar-refractivity contribution in [3.05, 3.63) is 76.6 Å². The van der Waals surface area contributed by atoms with Crippen molar-refractivity contribution in [3.8, 4) is 5.75 Å². The van der Waals surface area contributed by atoms with E-state index >= 15 is 0 Å². The van der Waals surface area contributed by atoms with E-state index in [0.29, 0.717) is 16.8 Å². The monoisotopic (exact) mass is 378 g/mol. The molecular weight excluding hydrogens is 356 g/mol. The van der Waals surface area contributed by atoms with Gasteiger partial charge in [0.2, 0.25) is 0 Å². The molecule has 0 bridgehead atoms. The standard InChI is InChI=1S/C22H22N2O2S/c1-14-4-5-15(2)21(10-14)27-19-8-6-18(7-9-19)24-12-20-17(13-25)11-23-16(3)22(20)26/h4-12,25-26H,13H2,1-3H3. The molecule has 3 aromatic rings. The number of hydrogen-bond donors (Lipinski definition) is 2. The number of rotatable bonds is 5. The van der Waals surface area contributed by atoms with Crippen LogP contribution in [0.2, 0.25) is 0 Å². The summed E-state index contributed by atoms with van der Waals surface area (Å²) in [5, 5.41) is 19.6. The zero-order chi connectivity index (χ0) is 19.4. The molecule has 0 saturated heterocycles. The number of aromatic nitrogens is 1. The zero-order valence-electron chi connectivity index (χ0n) is 15.6. The van der Waals surface area contributed by atoms with Gasteiger partial charge in [-0.2, -0.15) is 0 Å². The van der Waals surface area contributed by atoms with Crippen molar-refractivity contribution in [2.75, 3.05) is 0 Å². The number of nitrogens with zero attached hydrogens (tertiary/aromatic N) is 2. The van der Waals surface area contributed by atoms with Gasteiger partial charge in [0.05, 0.1) is 18.0 Å². The Labute approximate surface area is 163 Å². The minimum atomic E-state index is -0.201. The van der Waals surface area contributed by atoms with E-state index in [2.05, 4.69) is 42.0 Å². The molecule has 0 aliphatic rings. The van der Waals surface area contributed by atoms with Gasteiger partial charge in [0.15, 0.2) is 0 Å². The lowest BCUT2D eigenvalue weighted by atomic mass is 10.1. The average molecular weight is 378 g/mol. The van der Waals surface area contributed by atoms with E-state index in [-0.39, 0.29) is 12.4 Å². The number of pyridine rings is 1. The highest BCUT2D eigenvalue weighted by Gasteiger charge is 2.09. The molecule has 0 atom stereocenters. The van der Waals surface area contributed by atoms with Gasteiger partial charge in [-0.25, -0.2) is 0 Å². The van der Waals surface area contributed by atoms with Crippen molar-refractivity contribution < 1.29 is 10.2 Å². The first-order chi connectivity index (χ1) is 13.0. The van der Waals surface area contributed by atoms with E-state index < -0.39 is 0 Å². The summed E-state index contributed by atoms with van der Waals surface area (Å²) in [7, 11) is 0. The van der Waals surface area contributed by atoms with Gasteiger partial charge in [0.25, 0.3) is 0 Å². The minimum Gasteiger partial charge on any atom is -0.505 e. The van der Waals surface area contributed by atoms with E-state index in [1.54, 1.807) is 31.1 Å². The summed E-state index contributed by atoms with van der Waals surface area (Å²) >= 11 is 1.73. The summed E-state index contributed by atoms with van der Waals surface area (Å²) in [5.41, 5.74) is 4.83. The smallest absolute Gasteiger partial charge is 0.145 e. The van der Waals surface area contributed by atoms with Gasteiger partial charge in [-0.15, -0.1) is 0 Å². The maximum absolute atomic E-state index is 10.2. The summed E-state index contributed by atoms with van der Waals surface area (Å²) in [6.07, 6.45) is 3.13. The molecule has 3 rings (SSSR count). The Balaban J connectivity index is 1.79. The van der Waals surface area contributed by atoms with Gasteiger partial charge in [-0.1, -0.05) is 23.9 Å². The fraction of sp³-hybridized carbons (Fsp3) is 0.182.